The summed E-state index contributed by atoms with van der Waals surface area (Å²) in [4.78, 5) is 27.3. The molecule has 0 aliphatic carbocycles. The number of nitrogens with zero attached hydrogens (tertiary/aromatic N) is 1. The molecular weight excluding hydrogens is 659 g/mol. The van der Waals surface area contributed by atoms with Crippen LogP contribution in [0.3, 0.4) is 0 Å². The molecule has 0 rings (SSSR count). The van der Waals surface area contributed by atoms with Crippen molar-refractivity contribution in [3.63, 3.8) is 0 Å². The molecule has 1 unspecified atom stereocenters. The lowest BCUT2D eigenvalue weighted by molar-refractivity contribution is -0.696. The Morgan fingerprint density at radius 2 is 0.780 bits per heavy atom. The summed E-state index contributed by atoms with van der Waals surface area (Å²) < 4.78 is 11.8. The van der Waals surface area contributed by atoms with Gasteiger partial charge >= 0.3 is 11.9 Å². The van der Waals surface area contributed by atoms with E-state index in [9.17, 15) is 9.59 Å². The highest BCUT2D eigenvalue weighted by Crippen LogP contribution is 2.27. The van der Waals surface area contributed by atoms with Crippen LogP contribution in [0.15, 0.2) is 0 Å². The minimum absolute atomic E-state index is 0.0559. The molecule has 0 fully saturated rings. The summed E-state index contributed by atoms with van der Waals surface area (Å²) in [5.41, 5.74) is 0. The molecular formula is C43H84NO4S2+. The lowest BCUT2D eigenvalue weighted by Crippen LogP contribution is -2.50. The molecule has 0 aliphatic heterocycles. The second kappa shape index (κ2) is 36.7. The van der Waals surface area contributed by atoms with Crippen LogP contribution in [0.4, 0.5) is 0 Å². The van der Waals surface area contributed by atoms with Crippen LogP contribution in [0.1, 0.15) is 227 Å². The summed E-state index contributed by atoms with van der Waals surface area (Å²) in [6.45, 7) is 11.3. The van der Waals surface area contributed by atoms with E-state index < -0.39 is 5.92 Å². The van der Waals surface area contributed by atoms with Crippen molar-refractivity contribution in [1.29, 1.82) is 0 Å². The number of carbonyl (C=O) groups excluding carboxylic acids is 2. The zero-order valence-electron chi connectivity index (χ0n) is 33.8. The number of esters is 2. The van der Waals surface area contributed by atoms with Crippen LogP contribution < -0.4 is 0 Å². The average molecular weight is 743 g/mol. The summed E-state index contributed by atoms with van der Waals surface area (Å²) in [5.74, 6) is -1.54. The molecule has 0 saturated carbocycles. The number of thiocarbonyl (C=S) groups is 1. The Morgan fingerprint density at radius 3 is 1.14 bits per heavy atom. The van der Waals surface area contributed by atoms with E-state index in [2.05, 4.69) is 27.7 Å². The van der Waals surface area contributed by atoms with Crippen LogP contribution in [-0.4, -0.2) is 47.1 Å². The fourth-order valence-corrected chi connectivity index (χ4v) is 7.50. The van der Waals surface area contributed by atoms with Gasteiger partial charge in [-0.25, -0.2) is 3.89 Å². The second-order valence-electron chi connectivity index (χ2n) is 15.0. The first-order chi connectivity index (χ1) is 24.4. The Kier molecular flexibility index (Phi) is 36.2. The number of carbonyl (C=O) groups is 2. The Hall–Kier alpha value is -0.660. The van der Waals surface area contributed by atoms with Crippen molar-refractivity contribution in [1.82, 2.24) is 0 Å². The van der Waals surface area contributed by atoms with Crippen LogP contribution in [0.5, 0.6) is 0 Å². The smallest absolute Gasteiger partial charge is 0.320 e. The number of ether oxygens (including phenoxy) is 2. The fraction of sp³-hybridized carbons (Fsp3) is 0.930. The van der Waals surface area contributed by atoms with Crippen molar-refractivity contribution < 1.29 is 23.0 Å². The summed E-state index contributed by atoms with van der Waals surface area (Å²) in [7, 11) is 0. The fourth-order valence-electron chi connectivity index (χ4n) is 6.71. The van der Waals surface area contributed by atoms with Gasteiger partial charge in [0.2, 0.25) is 4.99 Å². The molecule has 296 valence electrons. The van der Waals surface area contributed by atoms with Gasteiger partial charge in [0.05, 0.1) is 45.5 Å². The molecule has 50 heavy (non-hydrogen) atoms. The lowest BCUT2D eigenvalue weighted by Gasteiger charge is -2.34. The maximum atomic E-state index is 13.7. The van der Waals surface area contributed by atoms with E-state index in [-0.39, 0.29) is 22.2 Å². The van der Waals surface area contributed by atoms with E-state index >= 15 is 0 Å². The number of quaternary nitrogens is 1. The van der Waals surface area contributed by atoms with Gasteiger partial charge in [0.15, 0.2) is 5.92 Å². The summed E-state index contributed by atoms with van der Waals surface area (Å²) in [6, 6.07) is 0. The van der Waals surface area contributed by atoms with Crippen molar-refractivity contribution in [2.24, 2.45) is 5.92 Å². The van der Waals surface area contributed by atoms with Gasteiger partial charge in [0.1, 0.15) is 0 Å². The molecule has 0 aromatic carbocycles. The molecule has 0 aromatic rings. The molecule has 0 amide bonds. The zero-order chi connectivity index (χ0) is 37.0. The van der Waals surface area contributed by atoms with Gasteiger partial charge in [-0.3, -0.25) is 9.59 Å². The molecule has 0 bridgehead atoms. The van der Waals surface area contributed by atoms with E-state index in [1.54, 1.807) is 0 Å². The van der Waals surface area contributed by atoms with E-state index in [1.165, 1.54) is 141 Å². The first-order valence-corrected chi connectivity index (χ1v) is 22.6. The Balaban J connectivity index is 5.15. The van der Waals surface area contributed by atoms with Gasteiger partial charge in [-0.05, 0) is 50.7 Å². The molecule has 0 spiro atoms. The SMILES string of the molecule is CCCCCCCCCCCCOC(=O)CC(C(=O)OCCCCCCCCCCCC)C(=S)[N+](S)(CCCCCCC)CCCCCCC. The van der Waals surface area contributed by atoms with Crippen molar-refractivity contribution >= 4 is 42.0 Å². The summed E-state index contributed by atoms with van der Waals surface area (Å²) in [6.07, 6.45) is 36.0. The van der Waals surface area contributed by atoms with Gasteiger partial charge in [0, 0.05) is 0 Å². The van der Waals surface area contributed by atoms with Crippen molar-refractivity contribution in [2.45, 2.75) is 227 Å². The maximum absolute atomic E-state index is 13.7. The van der Waals surface area contributed by atoms with Crippen LogP contribution >= 0.6 is 25.0 Å². The zero-order valence-corrected chi connectivity index (χ0v) is 35.5. The van der Waals surface area contributed by atoms with Crippen molar-refractivity contribution in [3.8, 4) is 0 Å². The molecule has 1 atom stereocenters. The molecule has 0 saturated heterocycles. The maximum Gasteiger partial charge on any atom is 0.320 e. The van der Waals surface area contributed by atoms with E-state index in [0.717, 1.165) is 64.5 Å². The van der Waals surface area contributed by atoms with Crippen molar-refractivity contribution in [2.75, 3.05) is 26.3 Å². The quantitative estimate of drug-likeness (QED) is 0.0224. The second-order valence-corrected chi connectivity index (χ2v) is 16.2. The number of thiol groups is 1. The normalized spacial score (nSPS) is 12.3. The van der Waals surface area contributed by atoms with Crippen molar-refractivity contribution in [3.05, 3.63) is 0 Å². The van der Waals surface area contributed by atoms with E-state index in [0.29, 0.717) is 18.2 Å². The predicted molar refractivity (Wildman–Crippen MR) is 223 cm³/mol. The first kappa shape index (κ1) is 49.3. The first-order valence-electron chi connectivity index (χ1n) is 21.8. The van der Waals surface area contributed by atoms with Crippen LogP contribution in [-0.2, 0) is 19.1 Å². The molecule has 0 heterocycles. The highest BCUT2D eigenvalue weighted by Gasteiger charge is 2.41. The topological polar surface area (TPSA) is 52.6 Å². The van der Waals surface area contributed by atoms with Gasteiger partial charge in [0.25, 0.3) is 0 Å². The summed E-state index contributed by atoms with van der Waals surface area (Å²) in [5, 5.41) is 0. The van der Waals surface area contributed by atoms with Gasteiger partial charge in [-0.2, -0.15) is 0 Å². The third kappa shape index (κ3) is 28.9. The lowest BCUT2D eigenvalue weighted by atomic mass is 10.0. The third-order valence-corrected chi connectivity index (χ3v) is 11.5. The summed E-state index contributed by atoms with van der Waals surface area (Å²) >= 11 is 11.3. The minimum Gasteiger partial charge on any atom is -0.466 e. The molecule has 0 aromatic heterocycles. The predicted octanol–water partition coefficient (Wildman–Crippen LogP) is 13.9. The number of hydrogen-bond donors (Lipinski definition) is 1. The van der Waals surface area contributed by atoms with Gasteiger partial charge in [-0.1, -0.05) is 182 Å². The minimum atomic E-state index is -0.808. The van der Waals surface area contributed by atoms with Crippen LogP contribution in [0.2, 0.25) is 0 Å². The average Bonchev–Trinajstić information content (AvgIpc) is 3.11. The van der Waals surface area contributed by atoms with Gasteiger partial charge < -0.3 is 9.47 Å². The highest BCUT2D eigenvalue weighted by molar-refractivity contribution is 7.82. The number of unbranched alkanes of at least 4 members (excludes halogenated alkanes) is 26. The standard InChI is InChI=1S/C43H84NO4S2/c1-5-9-13-17-19-21-23-25-29-33-37-47-41(45)39-40(43(46)48-38-34-30-26-24-22-20-18-14-10-6-2)42(49)44(50,35-31-27-15-11-7-3)36-32-28-16-12-8-4/h40,50H,5-39H2,1-4H3/q+1. The molecule has 0 aliphatic rings. The molecule has 0 radical (unpaired) electrons. The van der Waals surface area contributed by atoms with Crippen LogP contribution in [0, 0.1) is 5.92 Å². The monoisotopic (exact) mass is 743 g/mol. The molecule has 7 heteroatoms. The number of hydrogen-bond acceptors (Lipinski definition) is 6. The highest BCUT2D eigenvalue weighted by atomic mass is 32.1. The van der Waals surface area contributed by atoms with E-state index in [4.69, 9.17) is 34.5 Å². The Bertz CT molecular complexity index is 779. The number of rotatable bonds is 38. The molecule has 0 N–H and O–H groups in total. The van der Waals surface area contributed by atoms with E-state index in [1.807, 2.05) is 0 Å². The molecule has 5 nitrogen and oxygen atoms in total. The Morgan fingerprint density at radius 1 is 0.480 bits per heavy atom. The van der Waals surface area contributed by atoms with Gasteiger partial charge in [-0.15, -0.1) is 0 Å². The largest absolute Gasteiger partial charge is 0.466 e. The van der Waals surface area contributed by atoms with Crippen LogP contribution in [0.25, 0.3) is 0 Å². The third-order valence-electron chi connectivity index (χ3n) is 10.1. The Labute approximate surface area is 322 Å².